The molecule has 108 heavy (non-hydrogen) atoms. The summed E-state index contributed by atoms with van der Waals surface area (Å²) < 4.78 is 6.89. The van der Waals surface area contributed by atoms with Crippen molar-refractivity contribution in [3.8, 4) is 118 Å². The first-order valence-electron chi connectivity index (χ1n) is 37.7. The number of rotatable bonds is 9. The zero-order valence-corrected chi connectivity index (χ0v) is 60.9. The van der Waals surface area contributed by atoms with Crippen LogP contribution in [0.4, 0.5) is 0 Å². The molecule has 0 fully saturated rings. The van der Waals surface area contributed by atoms with Crippen molar-refractivity contribution in [3.05, 3.63) is 361 Å². The Hall–Kier alpha value is -13.3. The molecule has 0 saturated heterocycles. The van der Waals surface area contributed by atoms with Crippen molar-refractivity contribution in [1.82, 2.24) is 28.7 Å². The van der Waals surface area contributed by atoms with E-state index in [0.717, 1.165) is 88.2 Å². The number of fused-ring (bicyclic) bond motifs is 18. The normalized spacial score (nSPS) is 14.1. The van der Waals surface area contributed by atoms with Crippen molar-refractivity contribution in [1.29, 1.82) is 0 Å². The van der Waals surface area contributed by atoms with Crippen LogP contribution in [0.25, 0.3) is 183 Å². The summed E-state index contributed by atoms with van der Waals surface area (Å²) in [5.41, 5.74) is 36.1. The van der Waals surface area contributed by atoms with Gasteiger partial charge in [0.05, 0.1) is 33.1 Å². The molecule has 0 aliphatic heterocycles. The summed E-state index contributed by atoms with van der Waals surface area (Å²) in [6.07, 6.45) is 0. The Balaban J connectivity index is 0.618. The molecule has 0 unspecified atom stereocenters. The largest absolute Gasteiger partial charge is 0.309 e. The second-order valence-corrected chi connectivity index (χ2v) is 31.5. The fourth-order valence-electron chi connectivity index (χ4n) is 19.0. The van der Waals surface area contributed by atoms with Crippen molar-refractivity contribution >= 4 is 65.4 Å². The van der Waals surface area contributed by atoms with Gasteiger partial charge in [-0.15, -0.1) is 0 Å². The lowest BCUT2D eigenvalue weighted by Crippen LogP contribution is -2.14. The third-order valence-corrected chi connectivity index (χ3v) is 24.6. The van der Waals surface area contributed by atoms with Crippen LogP contribution in [-0.4, -0.2) is 28.7 Å². The fourth-order valence-corrected chi connectivity index (χ4v) is 19.0. The lowest BCUT2D eigenvalue weighted by Gasteiger charge is -2.21. The standard InChI is InChI=1S/C102H72N6/c1-100(2)85-25-13-7-19-73(85)79-55-66(41-49-88(79)100)69-44-52-94-82(58-69)76-22-10-16-28-91(76)106(94)72-47-39-64(40-48-72)62-33-31-61(32-34-62)63-35-37-65(38-36-63)97-103-98(107-92-29-17-11-23-77(92)83-59-70(45-53-95(83)107)67-42-50-89-80(56-67)74-20-8-14-26-86(74)101(89,3)4)105-99(104-97)108-93-30-18-12-24-78(93)84-60-71(46-54-96(84)108)68-43-51-90-81(57-68)75-21-9-15-27-87(75)102(90,5)6/h7-60H,1-6H3. The summed E-state index contributed by atoms with van der Waals surface area (Å²) in [5, 5.41) is 6.98. The second-order valence-electron chi connectivity index (χ2n) is 31.5. The van der Waals surface area contributed by atoms with Gasteiger partial charge in [0.2, 0.25) is 11.9 Å². The van der Waals surface area contributed by atoms with Gasteiger partial charge in [-0.3, -0.25) is 9.13 Å². The van der Waals surface area contributed by atoms with Crippen molar-refractivity contribution in [2.24, 2.45) is 0 Å². The molecular formula is C102H72N6. The molecule has 3 aliphatic rings. The van der Waals surface area contributed by atoms with Gasteiger partial charge >= 0.3 is 0 Å². The third-order valence-electron chi connectivity index (χ3n) is 24.6. The number of benzene rings is 15. The molecule has 6 nitrogen and oxygen atoms in total. The molecule has 3 aliphatic carbocycles. The SMILES string of the molecule is CC1(C)c2ccccc2-c2cc(-c3ccc4c(c3)c3ccccc3n4-c3ccc(-c4ccc(-c5ccc(-c6nc(-n7c8ccccc8c8cc(-c9ccc%10c(c9)-c9ccccc9C%10(C)C)ccc87)nc(-n7c8ccccc8c8cc(-c9ccc%10c(c9)-c9ccccc9C%10(C)C)ccc87)n6)cc5)cc4)cc3)ccc21. The summed E-state index contributed by atoms with van der Waals surface area (Å²) in [4.78, 5) is 16.7. The first-order valence-corrected chi connectivity index (χ1v) is 37.7. The van der Waals surface area contributed by atoms with E-state index in [1.807, 2.05) is 0 Å². The maximum atomic E-state index is 5.62. The van der Waals surface area contributed by atoms with Gasteiger partial charge in [-0.1, -0.05) is 284 Å². The monoisotopic (exact) mass is 1380 g/mol. The lowest BCUT2D eigenvalue weighted by molar-refractivity contribution is 0.660. The Bertz CT molecular complexity index is 6810. The number of hydrogen-bond acceptors (Lipinski definition) is 3. The van der Waals surface area contributed by atoms with E-state index < -0.39 is 0 Å². The van der Waals surface area contributed by atoms with Gasteiger partial charge in [-0.25, -0.2) is 0 Å². The van der Waals surface area contributed by atoms with Crippen molar-refractivity contribution < 1.29 is 0 Å². The van der Waals surface area contributed by atoms with Crippen LogP contribution < -0.4 is 0 Å². The summed E-state index contributed by atoms with van der Waals surface area (Å²) in [6.45, 7) is 14.1. The zero-order chi connectivity index (χ0) is 72.1. The van der Waals surface area contributed by atoms with E-state index in [2.05, 4.69) is 383 Å². The van der Waals surface area contributed by atoms with Crippen LogP contribution >= 0.6 is 0 Å². The molecule has 0 radical (unpaired) electrons. The number of para-hydroxylation sites is 3. The van der Waals surface area contributed by atoms with Crippen molar-refractivity contribution in [3.63, 3.8) is 0 Å². The minimum absolute atomic E-state index is 0.0284. The fraction of sp³-hybridized carbons (Fsp3) is 0.0882. The molecular weight excluding hydrogens is 1310 g/mol. The highest BCUT2D eigenvalue weighted by Gasteiger charge is 2.38. The molecule has 0 atom stereocenters. The van der Waals surface area contributed by atoms with E-state index in [0.29, 0.717) is 17.7 Å². The third kappa shape index (κ3) is 9.10. The summed E-state index contributed by atoms with van der Waals surface area (Å²) in [5.74, 6) is 1.64. The average molecular weight is 1380 g/mol. The highest BCUT2D eigenvalue weighted by Crippen LogP contribution is 2.54. The van der Waals surface area contributed by atoms with Crippen LogP contribution in [0.15, 0.2) is 328 Å². The van der Waals surface area contributed by atoms with E-state index in [4.69, 9.17) is 15.0 Å². The summed E-state index contributed by atoms with van der Waals surface area (Å²) >= 11 is 0. The number of nitrogens with zero attached hydrogens (tertiary/aromatic N) is 6. The van der Waals surface area contributed by atoms with Crippen LogP contribution in [0.3, 0.4) is 0 Å². The molecule has 0 N–H and O–H groups in total. The highest BCUT2D eigenvalue weighted by molar-refractivity contribution is 6.13. The summed E-state index contributed by atoms with van der Waals surface area (Å²) in [7, 11) is 0. The predicted molar refractivity (Wildman–Crippen MR) is 448 cm³/mol. The van der Waals surface area contributed by atoms with Gasteiger partial charge in [0.1, 0.15) is 0 Å². The molecule has 4 aromatic heterocycles. The molecule has 15 aromatic carbocycles. The van der Waals surface area contributed by atoms with Crippen LogP contribution in [0, 0.1) is 0 Å². The van der Waals surface area contributed by atoms with Crippen LogP contribution in [-0.2, 0) is 16.2 Å². The Labute approximate surface area is 626 Å². The topological polar surface area (TPSA) is 53.5 Å². The minimum Gasteiger partial charge on any atom is -0.309 e. The van der Waals surface area contributed by atoms with Gasteiger partial charge in [-0.05, 0) is 207 Å². The predicted octanol–water partition coefficient (Wildman–Crippen LogP) is 26.1. The number of hydrogen-bond donors (Lipinski definition) is 0. The molecule has 4 heterocycles. The first kappa shape index (κ1) is 62.1. The van der Waals surface area contributed by atoms with Crippen molar-refractivity contribution in [2.75, 3.05) is 0 Å². The highest BCUT2D eigenvalue weighted by atomic mass is 15.3. The zero-order valence-electron chi connectivity index (χ0n) is 60.9. The van der Waals surface area contributed by atoms with E-state index in [1.54, 1.807) is 0 Å². The van der Waals surface area contributed by atoms with E-state index in [1.165, 1.54) is 111 Å². The average Bonchev–Trinajstić information content (AvgIpc) is 1.60. The van der Waals surface area contributed by atoms with E-state index >= 15 is 0 Å². The Kier molecular flexibility index (Phi) is 13.1. The van der Waals surface area contributed by atoms with Crippen LogP contribution in [0.5, 0.6) is 0 Å². The minimum atomic E-state index is -0.0751. The second kappa shape index (κ2) is 22.9. The van der Waals surface area contributed by atoms with Crippen molar-refractivity contribution in [2.45, 2.75) is 57.8 Å². The van der Waals surface area contributed by atoms with Gasteiger partial charge in [0.15, 0.2) is 5.82 Å². The van der Waals surface area contributed by atoms with Crippen LogP contribution in [0.2, 0.25) is 0 Å². The quantitative estimate of drug-likeness (QED) is 0.145. The van der Waals surface area contributed by atoms with Gasteiger partial charge in [-0.2, -0.15) is 15.0 Å². The maximum absolute atomic E-state index is 5.62. The molecule has 0 saturated carbocycles. The Morgan fingerprint density at radius 2 is 0.454 bits per heavy atom. The van der Waals surface area contributed by atoms with E-state index in [9.17, 15) is 0 Å². The van der Waals surface area contributed by atoms with Crippen LogP contribution in [0.1, 0.15) is 74.9 Å². The van der Waals surface area contributed by atoms with Gasteiger partial charge in [0.25, 0.3) is 0 Å². The smallest absolute Gasteiger partial charge is 0.240 e. The van der Waals surface area contributed by atoms with Gasteiger partial charge in [0, 0.05) is 59.8 Å². The lowest BCUT2D eigenvalue weighted by atomic mass is 9.82. The van der Waals surface area contributed by atoms with Gasteiger partial charge < -0.3 is 4.57 Å². The molecule has 0 spiro atoms. The Morgan fingerprint density at radius 1 is 0.194 bits per heavy atom. The molecule has 0 amide bonds. The molecule has 22 rings (SSSR count). The molecule has 0 bridgehead atoms. The maximum Gasteiger partial charge on any atom is 0.240 e. The molecule has 6 heteroatoms. The first-order chi connectivity index (χ1) is 52.8. The number of aromatic nitrogens is 6. The van der Waals surface area contributed by atoms with E-state index in [-0.39, 0.29) is 16.2 Å². The molecule has 510 valence electrons. The molecule has 19 aromatic rings. The Morgan fingerprint density at radius 3 is 0.824 bits per heavy atom. The summed E-state index contributed by atoms with van der Waals surface area (Å²) in [6, 6.07) is 121.